The fourth-order valence-corrected chi connectivity index (χ4v) is 4.00. The summed E-state index contributed by atoms with van der Waals surface area (Å²) in [4.78, 5) is 2.60. The Labute approximate surface area is 120 Å². The highest BCUT2D eigenvalue weighted by Gasteiger charge is 2.46. The average molecular weight is 273 g/mol. The number of piperidine rings is 1. The summed E-state index contributed by atoms with van der Waals surface area (Å²) in [5, 5.41) is 0. The molecule has 0 aromatic heterocycles. The van der Waals surface area contributed by atoms with Gasteiger partial charge in [0.15, 0.2) is 6.29 Å². The molecule has 0 unspecified atom stereocenters. The minimum Gasteiger partial charge on any atom is -0.348 e. The highest BCUT2D eigenvalue weighted by molar-refractivity contribution is 5.22. The molecule has 3 saturated heterocycles. The number of hydrogen-bond acceptors (Lipinski definition) is 3. The molecule has 3 nitrogen and oxygen atoms in total. The standard InChI is InChI=1S/C17H23NO2/c1-3-7-13(8-4-1)14-11-15(17-19-12-16(14)20-17)18-9-5-2-6-10-18/h1,3-4,7-8,14-17H,2,5-6,9-12H2/t14-,15+,16-,17-/m1/s1. The Morgan fingerprint density at radius 2 is 1.80 bits per heavy atom. The van der Waals surface area contributed by atoms with Crippen LogP contribution < -0.4 is 0 Å². The summed E-state index contributed by atoms with van der Waals surface area (Å²) < 4.78 is 12.1. The molecule has 0 radical (unpaired) electrons. The van der Waals surface area contributed by atoms with Gasteiger partial charge in [-0.2, -0.15) is 0 Å². The first kappa shape index (κ1) is 12.8. The maximum Gasteiger partial charge on any atom is 0.173 e. The maximum absolute atomic E-state index is 6.17. The van der Waals surface area contributed by atoms with E-state index >= 15 is 0 Å². The van der Waals surface area contributed by atoms with Crippen LogP contribution in [0.5, 0.6) is 0 Å². The van der Waals surface area contributed by atoms with Gasteiger partial charge in [0.2, 0.25) is 0 Å². The molecule has 0 aliphatic carbocycles. The van der Waals surface area contributed by atoms with E-state index in [1.165, 1.54) is 44.3 Å². The molecule has 1 aromatic rings. The van der Waals surface area contributed by atoms with Crippen molar-refractivity contribution in [2.75, 3.05) is 19.7 Å². The van der Waals surface area contributed by atoms with Crippen LogP contribution in [0.15, 0.2) is 30.3 Å². The van der Waals surface area contributed by atoms with Crippen molar-refractivity contribution in [3.63, 3.8) is 0 Å². The van der Waals surface area contributed by atoms with Crippen LogP contribution in [0.4, 0.5) is 0 Å². The lowest BCUT2D eigenvalue weighted by atomic mass is 9.85. The highest BCUT2D eigenvalue weighted by atomic mass is 16.7. The number of benzene rings is 1. The molecule has 3 heterocycles. The zero-order valence-electron chi connectivity index (χ0n) is 11.9. The average Bonchev–Trinajstić information content (AvgIpc) is 2.93. The van der Waals surface area contributed by atoms with E-state index in [0.29, 0.717) is 12.0 Å². The molecule has 1 aromatic carbocycles. The summed E-state index contributed by atoms with van der Waals surface area (Å²) in [6.45, 7) is 3.18. The predicted molar refractivity (Wildman–Crippen MR) is 77.6 cm³/mol. The van der Waals surface area contributed by atoms with Crippen molar-refractivity contribution in [2.24, 2.45) is 0 Å². The third kappa shape index (κ3) is 2.28. The van der Waals surface area contributed by atoms with Gasteiger partial charge in [0.05, 0.1) is 18.8 Å². The minimum atomic E-state index is 0.0121. The van der Waals surface area contributed by atoms with Crippen molar-refractivity contribution in [3.05, 3.63) is 35.9 Å². The van der Waals surface area contributed by atoms with Crippen LogP contribution in [0.2, 0.25) is 0 Å². The van der Waals surface area contributed by atoms with E-state index in [2.05, 4.69) is 35.2 Å². The van der Waals surface area contributed by atoms with Crippen LogP contribution in [0, 0.1) is 0 Å². The normalized spacial score (nSPS) is 38.0. The second-order valence-corrected chi connectivity index (χ2v) is 6.29. The van der Waals surface area contributed by atoms with E-state index in [4.69, 9.17) is 9.47 Å². The van der Waals surface area contributed by atoms with Crippen molar-refractivity contribution in [3.8, 4) is 0 Å². The van der Waals surface area contributed by atoms with Crippen LogP contribution in [-0.2, 0) is 9.47 Å². The second-order valence-electron chi connectivity index (χ2n) is 6.29. The van der Waals surface area contributed by atoms with Gasteiger partial charge >= 0.3 is 0 Å². The second kappa shape index (κ2) is 5.47. The van der Waals surface area contributed by atoms with Gasteiger partial charge in [0.25, 0.3) is 0 Å². The van der Waals surface area contributed by atoms with Crippen LogP contribution in [-0.4, -0.2) is 43.0 Å². The van der Waals surface area contributed by atoms with Crippen LogP contribution >= 0.6 is 0 Å². The van der Waals surface area contributed by atoms with E-state index in [0.717, 1.165) is 6.61 Å². The third-order valence-corrected chi connectivity index (χ3v) is 5.08. The molecule has 0 N–H and O–H groups in total. The Balaban J connectivity index is 1.56. The van der Waals surface area contributed by atoms with Crippen molar-refractivity contribution in [1.82, 2.24) is 4.90 Å². The lowest BCUT2D eigenvalue weighted by Crippen LogP contribution is -2.50. The van der Waals surface area contributed by atoms with E-state index in [-0.39, 0.29) is 12.4 Å². The van der Waals surface area contributed by atoms with Crippen LogP contribution in [0.25, 0.3) is 0 Å². The SMILES string of the molecule is c1ccc([C@H]2C[C@H](N3CCCCC3)[C@@H]3OC[C@H]2O3)cc1. The fraction of sp³-hybridized carbons (Fsp3) is 0.647. The quantitative estimate of drug-likeness (QED) is 0.827. The largest absolute Gasteiger partial charge is 0.348 e. The summed E-state index contributed by atoms with van der Waals surface area (Å²) in [7, 11) is 0. The lowest BCUT2D eigenvalue weighted by Gasteiger charge is -2.42. The monoisotopic (exact) mass is 273 g/mol. The first-order valence-electron chi connectivity index (χ1n) is 7.98. The number of nitrogens with zero attached hydrogens (tertiary/aromatic N) is 1. The first-order valence-corrected chi connectivity index (χ1v) is 7.98. The first-order chi connectivity index (χ1) is 9.92. The van der Waals surface area contributed by atoms with E-state index in [9.17, 15) is 0 Å². The van der Waals surface area contributed by atoms with Crippen LogP contribution in [0.3, 0.4) is 0 Å². The van der Waals surface area contributed by atoms with Crippen LogP contribution in [0.1, 0.15) is 37.2 Å². The Bertz CT molecular complexity index is 444. The van der Waals surface area contributed by atoms with Crippen molar-refractivity contribution >= 4 is 0 Å². The number of rotatable bonds is 2. The number of ether oxygens (including phenoxy) is 2. The molecule has 20 heavy (non-hydrogen) atoms. The zero-order valence-corrected chi connectivity index (χ0v) is 11.9. The van der Waals surface area contributed by atoms with E-state index in [1.807, 2.05) is 0 Å². The van der Waals surface area contributed by atoms with E-state index < -0.39 is 0 Å². The molecule has 4 rings (SSSR count). The lowest BCUT2D eigenvalue weighted by molar-refractivity contribution is -0.141. The summed E-state index contributed by atoms with van der Waals surface area (Å²) >= 11 is 0. The van der Waals surface area contributed by atoms with Gasteiger partial charge in [0, 0.05) is 5.92 Å². The summed E-state index contributed by atoms with van der Waals surface area (Å²) in [5.41, 5.74) is 1.41. The van der Waals surface area contributed by atoms with E-state index in [1.54, 1.807) is 0 Å². The Morgan fingerprint density at radius 3 is 2.60 bits per heavy atom. The molecule has 3 aliphatic rings. The molecule has 3 heteroatoms. The van der Waals surface area contributed by atoms with Gasteiger partial charge in [-0.25, -0.2) is 0 Å². The van der Waals surface area contributed by atoms with Crippen molar-refractivity contribution in [2.45, 2.75) is 50.0 Å². The molecule has 0 spiro atoms. The summed E-state index contributed by atoms with van der Waals surface area (Å²) in [6.07, 6.45) is 5.46. The minimum absolute atomic E-state index is 0.0121. The molecule has 0 saturated carbocycles. The van der Waals surface area contributed by atoms with Gasteiger partial charge in [-0.3, -0.25) is 4.90 Å². The molecular formula is C17H23NO2. The van der Waals surface area contributed by atoms with Gasteiger partial charge in [-0.1, -0.05) is 36.8 Å². The van der Waals surface area contributed by atoms with Crippen molar-refractivity contribution < 1.29 is 9.47 Å². The van der Waals surface area contributed by atoms with Gasteiger partial charge in [-0.05, 0) is 37.9 Å². The maximum atomic E-state index is 6.17. The van der Waals surface area contributed by atoms with Gasteiger partial charge < -0.3 is 9.47 Å². The van der Waals surface area contributed by atoms with Gasteiger partial charge in [0.1, 0.15) is 0 Å². The fourth-order valence-electron chi connectivity index (χ4n) is 4.00. The predicted octanol–water partition coefficient (Wildman–Crippen LogP) is 2.77. The molecule has 3 fully saturated rings. The third-order valence-electron chi connectivity index (χ3n) is 5.08. The molecule has 108 valence electrons. The number of fused-ring (bicyclic) bond motifs is 2. The zero-order chi connectivity index (χ0) is 13.4. The Morgan fingerprint density at radius 1 is 1.00 bits per heavy atom. The summed E-state index contributed by atoms with van der Waals surface area (Å²) in [6, 6.07) is 11.3. The molecular weight excluding hydrogens is 250 g/mol. The molecule has 3 aliphatic heterocycles. The number of hydrogen-bond donors (Lipinski definition) is 0. The highest BCUT2D eigenvalue weighted by Crippen LogP contribution is 2.40. The van der Waals surface area contributed by atoms with Gasteiger partial charge in [-0.15, -0.1) is 0 Å². The number of likely N-dealkylation sites (tertiary alicyclic amines) is 1. The molecule has 0 amide bonds. The Hall–Kier alpha value is -0.900. The molecule has 4 atom stereocenters. The Kier molecular flexibility index (Phi) is 3.51. The summed E-state index contributed by atoms with van der Waals surface area (Å²) in [5.74, 6) is 0.488. The molecule has 2 bridgehead atoms. The smallest absolute Gasteiger partial charge is 0.173 e. The van der Waals surface area contributed by atoms with Crippen molar-refractivity contribution in [1.29, 1.82) is 0 Å². The topological polar surface area (TPSA) is 21.7 Å².